The number of hydrogen-bond donors (Lipinski definition) is 1. The lowest BCUT2D eigenvalue weighted by atomic mass is 9.89. The number of hydrogen-bond acceptors (Lipinski definition) is 5. The Morgan fingerprint density at radius 2 is 1.48 bits per heavy atom. The molecule has 0 radical (unpaired) electrons. The highest BCUT2D eigenvalue weighted by molar-refractivity contribution is 6.74. The molecule has 5 nitrogen and oxygen atoms in total. The summed E-state index contributed by atoms with van der Waals surface area (Å²) in [7, 11) is -0.109. The summed E-state index contributed by atoms with van der Waals surface area (Å²) in [5.41, 5.74) is 3.56. The number of ether oxygens (including phenoxy) is 3. The Kier molecular flexibility index (Phi) is 17.7. The van der Waals surface area contributed by atoms with Gasteiger partial charge in [0.05, 0.1) is 25.4 Å². The minimum atomic E-state index is -1.83. The lowest BCUT2D eigenvalue weighted by Gasteiger charge is -2.37. The molecular weight excluding hydrogens is 589 g/mol. The van der Waals surface area contributed by atoms with Crippen LogP contribution in [-0.2, 0) is 31.9 Å². The molecule has 0 fully saturated rings. The number of benzene rings is 2. The summed E-state index contributed by atoms with van der Waals surface area (Å²) in [5.74, 6) is 0.805. The van der Waals surface area contributed by atoms with E-state index in [-0.39, 0.29) is 23.0 Å². The summed E-state index contributed by atoms with van der Waals surface area (Å²) in [6.45, 7) is 24.4. The minimum Gasteiger partial charge on any atom is -0.416 e. The maximum absolute atomic E-state index is 11.6. The summed E-state index contributed by atoms with van der Waals surface area (Å²) in [6.07, 6.45) is 6.10. The van der Waals surface area contributed by atoms with Crippen LogP contribution in [0, 0.1) is 17.8 Å². The first kappa shape index (κ1) is 40.1. The first-order chi connectivity index (χ1) is 21.8. The molecule has 6 atom stereocenters. The molecule has 0 saturated heterocycles. The van der Waals surface area contributed by atoms with E-state index >= 15 is 0 Å². The van der Waals surface area contributed by atoms with Gasteiger partial charge in [0.25, 0.3) is 0 Å². The smallest absolute Gasteiger partial charge is 0.192 e. The van der Waals surface area contributed by atoms with Crippen molar-refractivity contribution in [2.45, 2.75) is 117 Å². The monoisotopic (exact) mass is 652 g/mol. The number of aliphatic hydroxyl groups is 1. The van der Waals surface area contributed by atoms with Crippen LogP contribution in [0.1, 0.15) is 78.4 Å². The third kappa shape index (κ3) is 14.8. The summed E-state index contributed by atoms with van der Waals surface area (Å²) >= 11 is 0. The maximum atomic E-state index is 11.6. The van der Waals surface area contributed by atoms with Crippen molar-refractivity contribution in [3.63, 3.8) is 0 Å². The Bertz CT molecular complexity index is 1130. The van der Waals surface area contributed by atoms with Crippen molar-refractivity contribution >= 4 is 8.32 Å². The van der Waals surface area contributed by atoms with Gasteiger partial charge >= 0.3 is 0 Å². The fourth-order valence-corrected chi connectivity index (χ4v) is 6.66. The molecule has 0 bridgehead atoms. The van der Waals surface area contributed by atoms with E-state index in [1.54, 1.807) is 7.11 Å². The zero-order valence-electron chi connectivity index (χ0n) is 30.3. The fraction of sp³-hybridized carbons (Fsp3) is 0.600. The van der Waals surface area contributed by atoms with Crippen molar-refractivity contribution in [3.8, 4) is 0 Å². The molecule has 6 heteroatoms. The molecule has 1 N–H and O–H groups in total. The molecule has 0 amide bonds. The Hall–Kier alpha value is -2.06. The largest absolute Gasteiger partial charge is 0.416 e. The van der Waals surface area contributed by atoms with E-state index in [2.05, 4.69) is 91.6 Å². The van der Waals surface area contributed by atoms with Gasteiger partial charge in [0.1, 0.15) is 6.10 Å². The van der Waals surface area contributed by atoms with E-state index in [0.29, 0.717) is 32.2 Å². The minimum absolute atomic E-state index is 0.182. The van der Waals surface area contributed by atoms with Crippen LogP contribution in [0.4, 0.5) is 0 Å². The van der Waals surface area contributed by atoms with Gasteiger partial charge in [-0.15, -0.1) is 6.58 Å². The summed E-state index contributed by atoms with van der Waals surface area (Å²) in [5, 5.41) is 11.8. The number of allylic oxidation sites excluding steroid dienone is 2. The topological polar surface area (TPSA) is 57.2 Å². The summed E-state index contributed by atoms with van der Waals surface area (Å²) < 4.78 is 25.0. The van der Waals surface area contributed by atoms with Gasteiger partial charge in [0.15, 0.2) is 8.32 Å². The van der Waals surface area contributed by atoms with Gasteiger partial charge in [0, 0.05) is 26.2 Å². The quantitative estimate of drug-likeness (QED) is 0.101. The second-order valence-electron chi connectivity index (χ2n) is 14.9. The standard InChI is InChI=1S/C40H64O5Si/c1-11-18-36(30-45-46(9,10)40(5,6)7)24-31(2)23-32(3)25-37(41)39(44-29-35-21-16-13-17-22-35)38(42-8)26-33(4)27-43-28-34-19-14-12-15-20-34/h11-17,19-22,24,32-33,36-39,41H,1,18,23,25-30H2,2-10H3/b31-24+/t32-,33+,36+,37-,38-,39+/m0/s1. The molecule has 0 aliphatic rings. The number of methoxy groups -OCH3 is 1. The van der Waals surface area contributed by atoms with Gasteiger partial charge in [0.2, 0.25) is 0 Å². The van der Waals surface area contributed by atoms with Crippen LogP contribution in [0.25, 0.3) is 0 Å². The highest BCUT2D eigenvalue weighted by Gasteiger charge is 2.37. The number of rotatable bonds is 22. The van der Waals surface area contributed by atoms with Crippen LogP contribution in [0.2, 0.25) is 18.1 Å². The molecule has 0 heterocycles. The second-order valence-corrected chi connectivity index (χ2v) is 19.7. The van der Waals surface area contributed by atoms with Crippen LogP contribution in [0.5, 0.6) is 0 Å². The van der Waals surface area contributed by atoms with Gasteiger partial charge in [-0.3, -0.25) is 0 Å². The molecule has 2 aromatic carbocycles. The molecule has 0 aliphatic carbocycles. The van der Waals surface area contributed by atoms with Crippen molar-refractivity contribution in [2.75, 3.05) is 20.3 Å². The van der Waals surface area contributed by atoms with E-state index in [9.17, 15) is 5.11 Å². The summed E-state index contributed by atoms with van der Waals surface area (Å²) in [4.78, 5) is 0. The summed E-state index contributed by atoms with van der Waals surface area (Å²) in [6, 6.07) is 20.4. The second kappa shape index (κ2) is 20.3. The Morgan fingerprint density at radius 1 is 0.891 bits per heavy atom. The first-order valence-corrected chi connectivity index (χ1v) is 20.1. The molecule has 2 rings (SSSR count). The van der Waals surface area contributed by atoms with Crippen molar-refractivity contribution < 1.29 is 23.7 Å². The maximum Gasteiger partial charge on any atom is 0.192 e. The van der Waals surface area contributed by atoms with Crippen molar-refractivity contribution in [1.29, 1.82) is 0 Å². The lowest BCUT2D eigenvalue weighted by Crippen LogP contribution is -2.42. The zero-order chi connectivity index (χ0) is 34.2. The van der Waals surface area contributed by atoms with E-state index in [4.69, 9.17) is 18.6 Å². The van der Waals surface area contributed by atoms with Crippen molar-refractivity contribution in [3.05, 3.63) is 96.1 Å². The van der Waals surface area contributed by atoms with Gasteiger partial charge < -0.3 is 23.7 Å². The molecule has 0 unspecified atom stereocenters. The lowest BCUT2D eigenvalue weighted by molar-refractivity contribution is -0.129. The van der Waals surface area contributed by atoms with Crippen LogP contribution < -0.4 is 0 Å². The van der Waals surface area contributed by atoms with E-state index in [1.807, 2.05) is 42.5 Å². The predicted octanol–water partition coefficient (Wildman–Crippen LogP) is 9.77. The van der Waals surface area contributed by atoms with Crippen LogP contribution in [-0.4, -0.2) is 52.1 Å². The van der Waals surface area contributed by atoms with E-state index in [1.165, 1.54) is 5.57 Å². The zero-order valence-corrected chi connectivity index (χ0v) is 31.3. The molecule has 0 saturated carbocycles. The molecule has 2 aromatic rings. The molecular formula is C40H64O5Si. The van der Waals surface area contributed by atoms with Crippen LogP contribution >= 0.6 is 0 Å². The molecule has 0 aliphatic heterocycles. The first-order valence-electron chi connectivity index (χ1n) is 17.2. The van der Waals surface area contributed by atoms with E-state index in [0.717, 1.165) is 37.0 Å². The van der Waals surface area contributed by atoms with Crippen LogP contribution in [0.3, 0.4) is 0 Å². The average molecular weight is 653 g/mol. The molecule has 0 spiro atoms. The Balaban J connectivity index is 2.05. The third-order valence-electron chi connectivity index (χ3n) is 9.25. The van der Waals surface area contributed by atoms with Gasteiger partial charge in [-0.05, 0) is 73.7 Å². The fourth-order valence-electron chi connectivity index (χ4n) is 5.59. The molecule has 258 valence electrons. The highest BCUT2D eigenvalue weighted by atomic mass is 28.4. The van der Waals surface area contributed by atoms with Crippen LogP contribution in [0.15, 0.2) is 85.0 Å². The molecule has 46 heavy (non-hydrogen) atoms. The average Bonchev–Trinajstić information content (AvgIpc) is 2.99. The Labute approximate surface area is 282 Å². The van der Waals surface area contributed by atoms with Crippen molar-refractivity contribution in [1.82, 2.24) is 0 Å². The van der Waals surface area contributed by atoms with Crippen molar-refractivity contribution in [2.24, 2.45) is 17.8 Å². The predicted molar refractivity (Wildman–Crippen MR) is 195 cm³/mol. The van der Waals surface area contributed by atoms with Gasteiger partial charge in [-0.1, -0.05) is 113 Å². The normalized spacial score (nSPS) is 16.8. The van der Waals surface area contributed by atoms with Gasteiger partial charge in [-0.25, -0.2) is 0 Å². The highest BCUT2D eigenvalue weighted by Crippen LogP contribution is 2.37. The SMILES string of the molecule is C=CC[C@H](/C=C(\C)C[C@H](C)C[C@H](O)[C@@H](OCc1ccccc1)[C@H](C[C@@H](C)COCc1ccccc1)OC)CO[Si](C)(C)C(C)(C)C. The Morgan fingerprint density at radius 3 is 2.02 bits per heavy atom. The molecule has 0 aromatic heterocycles. The number of aliphatic hydroxyl groups excluding tert-OH is 1. The third-order valence-corrected chi connectivity index (χ3v) is 13.8. The van der Waals surface area contributed by atoms with Gasteiger partial charge in [-0.2, -0.15) is 0 Å². The van der Waals surface area contributed by atoms with E-state index < -0.39 is 20.5 Å².